The molecule has 0 heterocycles. The number of hydrogen-bond acceptors (Lipinski definition) is 5. The molecule has 0 radical (unpaired) electrons. The second-order valence-corrected chi connectivity index (χ2v) is 10.1. The Morgan fingerprint density at radius 2 is 1.30 bits per heavy atom. The molecule has 0 aliphatic rings. The number of hydrogen-bond donors (Lipinski definition) is 4. The number of aliphatic hydroxyl groups is 2. The van der Waals surface area contributed by atoms with E-state index in [0.717, 1.165) is 0 Å². The third-order valence-corrected chi connectivity index (χ3v) is 6.03. The lowest BCUT2D eigenvalue weighted by Gasteiger charge is -2.27. The molecule has 0 bridgehead atoms. The van der Waals surface area contributed by atoms with E-state index in [0.29, 0.717) is 12.8 Å². The Labute approximate surface area is 192 Å². The van der Waals surface area contributed by atoms with Gasteiger partial charge in [0.25, 0.3) is 10.1 Å². The molecule has 0 saturated carbocycles. The van der Waals surface area contributed by atoms with Crippen molar-refractivity contribution in [1.29, 1.82) is 0 Å². The Bertz CT molecular complexity index is 1520. The first-order chi connectivity index (χ1) is 15.6. The standard InChI is InChI=1S/C25H23NO2.CH4O3S/c1-25(14-27,15-28)26-13-22-19-8-3-2-7-18(19)20-11-9-16-5-4-6-17-10-12-21(22)24(20)23(16)17;1-5(2,3)4/h2-12,26-28H,13-15H2,1H3;1H3,(H,2,3,4). The zero-order chi connectivity index (χ0) is 23.8. The van der Waals surface area contributed by atoms with Crippen molar-refractivity contribution in [2.75, 3.05) is 19.5 Å². The number of aliphatic hydroxyl groups excluding tert-OH is 2. The van der Waals surface area contributed by atoms with E-state index in [9.17, 15) is 18.6 Å². The third kappa shape index (κ3) is 4.64. The van der Waals surface area contributed by atoms with Crippen LogP contribution in [0.2, 0.25) is 0 Å². The molecule has 5 rings (SSSR count). The topological polar surface area (TPSA) is 107 Å². The van der Waals surface area contributed by atoms with Gasteiger partial charge in [0.2, 0.25) is 0 Å². The van der Waals surface area contributed by atoms with Crippen LogP contribution in [0.4, 0.5) is 0 Å². The van der Waals surface area contributed by atoms with Gasteiger partial charge in [-0.15, -0.1) is 0 Å². The highest BCUT2D eigenvalue weighted by molar-refractivity contribution is 7.85. The van der Waals surface area contributed by atoms with Gasteiger partial charge in [-0.2, -0.15) is 8.42 Å². The normalized spacial score (nSPS) is 12.5. The molecule has 7 heteroatoms. The van der Waals surface area contributed by atoms with Crippen molar-refractivity contribution in [3.05, 3.63) is 72.3 Å². The summed E-state index contributed by atoms with van der Waals surface area (Å²) in [6.45, 7) is 2.18. The fourth-order valence-corrected chi connectivity index (χ4v) is 4.34. The van der Waals surface area contributed by atoms with E-state index >= 15 is 0 Å². The quantitative estimate of drug-likeness (QED) is 0.177. The van der Waals surface area contributed by atoms with E-state index in [1.807, 2.05) is 6.92 Å². The third-order valence-electron chi connectivity index (χ3n) is 6.03. The van der Waals surface area contributed by atoms with Crippen LogP contribution >= 0.6 is 0 Å². The first-order valence-corrected chi connectivity index (χ1v) is 12.5. The molecule has 0 unspecified atom stereocenters. The molecular weight excluding hydrogens is 438 g/mol. The molecule has 172 valence electrons. The summed E-state index contributed by atoms with van der Waals surface area (Å²) in [7, 11) is -3.67. The van der Waals surface area contributed by atoms with Gasteiger partial charge >= 0.3 is 0 Å². The first kappa shape index (κ1) is 23.4. The predicted octanol–water partition coefficient (Wildman–Crippen LogP) is 4.07. The maximum absolute atomic E-state index is 9.69. The monoisotopic (exact) mass is 465 g/mol. The van der Waals surface area contributed by atoms with Crippen LogP contribution in [0.1, 0.15) is 12.5 Å². The maximum Gasteiger partial charge on any atom is 0.261 e. The maximum atomic E-state index is 9.69. The van der Waals surface area contributed by atoms with E-state index in [4.69, 9.17) is 4.55 Å². The van der Waals surface area contributed by atoms with E-state index in [2.05, 4.69) is 72.0 Å². The number of nitrogens with one attached hydrogen (secondary N) is 1. The van der Waals surface area contributed by atoms with Crippen molar-refractivity contribution >= 4 is 53.2 Å². The molecule has 5 aromatic carbocycles. The fraction of sp³-hybridized carbons (Fsp3) is 0.231. The number of rotatable bonds is 5. The summed E-state index contributed by atoms with van der Waals surface area (Å²) in [5.41, 5.74) is 0.486. The van der Waals surface area contributed by atoms with Gasteiger partial charge in [-0.3, -0.25) is 4.55 Å². The summed E-state index contributed by atoms with van der Waals surface area (Å²) in [4.78, 5) is 0. The molecule has 33 heavy (non-hydrogen) atoms. The van der Waals surface area contributed by atoms with Gasteiger partial charge in [-0.1, -0.05) is 66.7 Å². The zero-order valence-corrected chi connectivity index (χ0v) is 19.4. The highest BCUT2D eigenvalue weighted by Gasteiger charge is 2.23. The molecular formula is C26H27NO5S. The molecule has 0 aliphatic heterocycles. The summed E-state index contributed by atoms with van der Waals surface area (Å²) in [6.07, 6.45) is 0.715. The lowest BCUT2D eigenvalue weighted by Crippen LogP contribution is -2.48. The predicted molar refractivity (Wildman–Crippen MR) is 135 cm³/mol. The summed E-state index contributed by atoms with van der Waals surface area (Å²) < 4.78 is 25.9. The van der Waals surface area contributed by atoms with Crippen LogP contribution in [0.5, 0.6) is 0 Å². The molecule has 0 fully saturated rings. The summed E-state index contributed by atoms with van der Waals surface area (Å²) >= 11 is 0. The van der Waals surface area contributed by atoms with Gasteiger partial charge in [-0.05, 0) is 55.6 Å². The molecule has 0 atom stereocenters. The van der Waals surface area contributed by atoms with Crippen LogP contribution in [0.15, 0.2) is 66.7 Å². The summed E-state index contributed by atoms with van der Waals surface area (Å²) in [5, 5.41) is 32.8. The molecule has 0 amide bonds. The first-order valence-electron chi connectivity index (χ1n) is 10.6. The van der Waals surface area contributed by atoms with Crippen molar-refractivity contribution in [1.82, 2.24) is 5.32 Å². The average molecular weight is 466 g/mol. The SMILES string of the molecule is CC(CO)(CO)NCc1c2ccccc2c2ccc3cccc4ccc1c2c43.CS(=O)(=O)O. The summed E-state index contributed by atoms with van der Waals surface area (Å²) in [6, 6.07) is 23.8. The van der Waals surface area contributed by atoms with Gasteiger partial charge < -0.3 is 15.5 Å². The van der Waals surface area contributed by atoms with Crippen molar-refractivity contribution in [2.24, 2.45) is 0 Å². The second kappa shape index (κ2) is 8.85. The minimum atomic E-state index is -3.67. The summed E-state index contributed by atoms with van der Waals surface area (Å²) in [5.74, 6) is 0. The van der Waals surface area contributed by atoms with Crippen LogP contribution in [-0.2, 0) is 16.7 Å². The molecule has 0 spiro atoms. The second-order valence-electron chi connectivity index (χ2n) is 8.67. The van der Waals surface area contributed by atoms with Crippen molar-refractivity contribution in [2.45, 2.75) is 19.0 Å². The van der Waals surface area contributed by atoms with Crippen molar-refractivity contribution in [3.8, 4) is 0 Å². The van der Waals surface area contributed by atoms with Crippen LogP contribution < -0.4 is 5.32 Å². The van der Waals surface area contributed by atoms with Gasteiger partial charge in [0, 0.05) is 6.54 Å². The fourth-order valence-electron chi connectivity index (χ4n) is 4.34. The molecule has 6 nitrogen and oxygen atoms in total. The molecule has 5 aromatic rings. The van der Waals surface area contributed by atoms with Crippen LogP contribution in [0.3, 0.4) is 0 Å². The Balaban J connectivity index is 0.000000471. The Morgan fingerprint density at radius 3 is 1.88 bits per heavy atom. The van der Waals surface area contributed by atoms with Gasteiger partial charge in [-0.25, -0.2) is 0 Å². The smallest absolute Gasteiger partial charge is 0.261 e. The van der Waals surface area contributed by atoms with E-state index < -0.39 is 15.7 Å². The minimum Gasteiger partial charge on any atom is -0.394 e. The van der Waals surface area contributed by atoms with Crippen LogP contribution in [0.25, 0.3) is 43.1 Å². The zero-order valence-electron chi connectivity index (χ0n) is 18.5. The highest BCUT2D eigenvalue weighted by Crippen LogP contribution is 2.40. The Hall–Kier alpha value is -2.81. The van der Waals surface area contributed by atoms with Crippen LogP contribution in [0, 0.1) is 0 Å². The lowest BCUT2D eigenvalue weighted by molar-refractivity contribution is 0.103. The molecule has 4 N–H and O–H groups in total. The Kier molecular flexibility index (Phi) is 6.26. The lowest BCUT2D eigenvalue weighted by atomic mass is 9.87. The molecule has 0 saturated heterocycles. The van der Waals surface area contributed by atoms with Gasteiger partial charge in [0.05, 0.1) is 25.0 Å². The van der Waals surface area contributed by atoms with Crippen molar-refractivity contribution in [3.63, 3.8) is 0 Å². The van der Waals surface area contributed by atoms with Gasteiger partial charge in [0.1, 0.15) is 0 Å². The number of benzene rings is 5. The molecule has 0 aromatic heterocycles. The van der Waals surface area contributed by atoms with E-state index in [1.54, 1.807) is 0 Å². The number of fused-ring (bicyclic) bond motifs is 2. The highest BCUT2D eigenvalue weighted by atomic mass is 32.2. The van der Waals surface area contributed by atoms with Crippen molar-refractivity contribution < 1.29 is 23.2 Å². The van der Waals surface area contributed by atoms with Gasteiger partial charge in [0.15, 0.2) is 0 Å². The van der Waals surface area contributed by atoms with Crippen LogP contribution in [-0.4, -0.2) is 48.2 Å². The van der Waals surface area contributed by atoms with E-state index in [-0.39, 0.29) is 13.2 Å². The van der Waals surface area contributed by atoms with E-state index in [1.165, 1.54) is 48.7 Å². The Morgan fingerprint density at radius 1 is 0.758 bits per heavy atom. The average Bonchev–Trinajstić information content (AvgIpc) is 2.80. The minimum absolute atomic E-state index is 0.118. The largest absolute Gasteiger partial charge is 0.394 e. The molecule has 0 aliphatic carbocycles.